The second-order valence-corrected chi connectivity index (χ2v) is 47.4. The van der Waals surface area contributed by atoms with Gasteiger partial charge in [-0.25, -0.2) is 0 Å². The van der Waals surface area contributed by atoms with Gasteiger partial charge in [0.25, 0.3) is 0 Å². The van der Waals surface area contributed by atoms with Crippen LogP contribution < -0.4 is 0 Å². The summed E-state index contributed by atoms with van der Waals surface area (Å²) in [6.07, 6.45) is 0. The third kappa shape index (κ3) is 73.2. The molecule has 228 valence electrons. The van der Waals surface area contributed by atoms with E-state index < -0.39 is 67.5 Å². The van der Waals surface area contributed by atoms with Gasteiger partial charge in [0.1, 0.15) is 0 Å². The predicted molar refractivity (Wildman–Crippen MR) is 177 cm³/mol. The van der Waals surface area contributed by atoms with Gasteiger partial charge < -0.3 is 35.6 Å². The van der Waals surface area contributed by atoms with Crippen LogP contribution in [0.25, 0.3) is 0 Å². The van der Waals surface area contributed by atoms with Crippen LogP contribution in [0.3, 0.4) is 0 Å². The van der Waals surface area contributed by atoms with Crippen molar-refractivity contribution in [3.05, 3.63) is 0 Å². The van der Waals surface area contributed by atoms with Gasteiger partial charge in [-0.15, -0.1) is 0 Å². The maximum Gasteiger partial charge on any atom is 0.473 e. The van der Waals surface area contributed by atoms with Gasteiger partial charge in [0.05, 0.1) is 0 Å². The average molecular weight is 798 g/mol. The summed E-state index contributed by atoms with van der Waals surface area (Å²) >= 11 is 0. The molecule has 8 nitrogen and oxygen atoms in total. The quantitative estimate of drug-likeness (QED) is 0.217. The molecule has 0 aliphatic rings. The van der Waals surface area contributed by atoms with Crippen LogP contribution in [0.2, 0.25) is 131 Å². The Hall–Kier alpha value is 2.79. The number of hydrogen-bond acceptors (Lipinski definition) is 8. The third-order valence-electron chi connectivity index (χ3n) is 1.98. The standard InChI is InChI=1S/2C7H22O3Si3.2C3H10OSi.Ce/c2*1-11(2,3)9-13(7,8)10-12(4,5)6;2*1-5(2,3)4;/h2*8H,1-7H3;2*4H,1-3H3;. The van der Waals surface area contributed by atoms with Crippen LogP contribution in [0.4, 0.5) is 0 Å². The summed E-state index contributed by atoms with van der Waals surface area (Å²) in [6.45, 7) is 39.4. The van der Waals surface area contributed by atoms with E-state index in [-0.39, 0.29) is 41.7 Å². The Morgan fingerprint density at radius 2 is 0.378 bits per heavy atom. The zero-order valence-corrected chi connectivity index (χ0v) is 39.1. The van der Waals surface area contributed by atoms with Crippen LogP contribution >= 0.6 is 0 Å². The molecular formula is C20H64CeO8Si8. The Kier molecular flexibility index (Phi) is 24.7. The molecule has 4 N–H and O–H groups in total. The summed E-state index contributed by atoms with van der Waals surface area (Å²) < 4.78 is 22.6. The predicted octanol–water partition coefficient (Wildman–Crippen LogP) is 6.13. The summed E-state index contributed by atoms with van der Waals surface area (Å²) in [5, 5.41) is 0. The minimum absolute atomic E-state index is 0. The molecule has 0 aliphatic carbocycles. The average Bonchev–Trinajstić information content (AvgIpc) is 2.19. The summed E-state index contributed by atoms with van der Waals surface area (Å²) in [5.41, 5.74) is 0. The molecule has 0 atom stereocenters. The van der Waals surface area contributed by atoms with E-state index >= 15 is 0 Å². The van der Waals surface area contributed by atoms with Crippen molar-refractivity contribution in [3.8, 4) is 0 Å². The molecule has 0 rings (SSSR count). The topological polar surface area (TPSA) is 118 Å². The van der Waals surface area contributed by atoms with E-state index in [0.29, 0.717) is 0 Å². The van der Waals surface area contributed by atoms with Crippen LogP contribution in [0, 0.1) is 41.7 Å². The van der Waals surface area contributed by atoms with E-state index in [4.69, 9.17) is 26.1 Å². The minimum atomic E-state index is -2.85. The molecule has 0 aliphatic heterocycles. The van der Waals surface area contributed by atoms with E-state index in [1.54, 1.807) is 13.1 Å². The summed E-state index contributed by atoms with van der Waals surface area (Å²) in [6, 6.07) is 0. The molecule has 17 heteroatoms. The second-order valence-electron chi connectivity index (χ2n) is 15.0. The summed E-state index contributed by atoms with van der Waals surface area (Å²) in [4.78, 5) is 37.2. The van der Waals surface area contributed by atoms with E-state index in [9.17, 15) is 9.59 Å². The first-order valence-electron chi connectivity index (χ1n) is 12.5. The van der Waals surface area contributed by atoms with Crippen LogP contribution in [-0.2, 0) is 16.5 Å². The van der Waals surface area contributed by atoms with Crippen molar-refractivity contribution in [2.75, 3.05) is 0 Å². The fourth-order valence-corrected chi connectivity index (χ4v) is 21.6. The maximum absolute atomic E-state index is 9.95. The molecule has 0 saturated heterocycles. The summed E-state index contributed by atoms with van der Waals surface area (Å²) in [7, 11) is -15.7. The Morgan fingerprint density at radius 1 is 0.297 bits per heavy atom. The largest absolute Gasteiger partial charge is 0.473 e. The van der Waals surface area contributed by atoms with Crippen LogP contribution in [0.1, 0.15) is 0 Å². The van der Waals surface area contributed by atoms with E-state index in [1.807, 2.05) is 39.3 Å². The fourth-order valence-electron chi connectivity index (χ4n) is 2.31. The normalized spacial score (nSPS) is 13.6. The molecule has 0 radical (unpaired) electrons. The Labute approximate surface area is 273 Å². The first-order chi connectivity index (χ1) is 14.8. The third-order valence-corrected chi connectivity index (χ3v) is 17.8. The molecule has 0 fully saturated rings. The molecule has 0 amide bonds. The number of rotatable bonds is 8. The Balaban J connectivity index is -0.000000133. The molecule has 0 heterocycles. The van der Waals surface area contributed by atoms with Crippen molar-refractivity contribution in [2.24, 2.45) is 0 Å². The molecule has 37 heavy (non-hydrogen) atoms. The Morgan fingerprint density at radius 3 is 0.432 bits per heavy atom. The molecular weight excluding hydrogens is 733 g/mol. The van der Waals surface area contributed by atoms with Crippen LogP contribution in [0.5, 0.6) is 0 Å². The van der Waals surface area contributed by atoms with Gasteiger partial charge in [0, 0.05) is 54.8 Å². The van der Waals surface area contributed by atoms with Crippen LogP contribution in [0.15, 0.2) is 0 Å². The van der Waals surface area contributed by atoms with Crippen LogP contribution in [-0.4, -0.2) is 86.7 Å². The molecule has 0 saturated carbocycles. The van der Waals surface area contributed by atoms with Gasteiger partial charge in [-0.2, -0.15) is 0 Å². The van der Waals surface area contributed by atoms with E-state index in [2.05, 4.69) is 78.6 Å². The molecule has 0 spiro atoms. The fraction of sp³-hybridized carbons (Fsp3) is 1.00. The zero-order valence-electron chi connectivity index (χ0n) is 27.9. The van der Waals surface area contributed by atoms with Crippen molar-refractivity contribution < 1.29 is 77.4 Å². The van der Waals surface area contributed by atoms with Crippen molar-refractivity contribution in [3.63, 3.8) is 0 Å². The number of hydrogen-bond donors (Lipinski definition) is 4. The van der Waals surface area contributed by atoms with Gasteiger partial charge in [-0.1, -0.05) is 0 Å². The molecule has 0 aromatic carbocycles. The van der Waals surface area contributed by atoms with Gasteiger partial charge in [0.15, 0.2) is 49.9 Å². The Bertz CT molecular complexity index is 486. The zero-order chi connectivity index (χ0) is 30.8. The molecule has 0 unspecified atom stereocenters. The molecule has 0 aromatic rings. The van der Waals surface area contributed by atoms with Gasteiger partial charge in [-0.3, -0.25) is 0 Å². The van der Waals surface area contributed by atoms with Gasteiger partial charge in [-0.05, 0) is 118 Å². The van der Waals surface area contributed by atoms with Crippen molar-refractivity contribution >= 4 is 67.5 Å². The maximum atomic E-state index is 9.95. The van der Waals surface area contributed by atoms with Gasteiger partial charge >= 0.3 is 17.6 Å². The molecule has 0 bridgehead atoms. The smallest absolute Gasteiger partial charge is 0.433 e. The van der Waals surface area contributed by atoms with Crippen molar-refractivity contribution in [1.82, 2.24) is 0 Å². The SMILES string of the molecule is C[Si](C)(C)O.C[Si](C)(C)O.C[Si](C)(C)O[Si](C)(O)O[Si](C)(C)C.C[Si](C)(C)O[Si](C)(O)O[Si](C)(C)C.[Ce]. The minimum Gasteiger partial charge on any atom is -0.433 e. The summed E-state index contributed by atoms with van der Waals surface area (Å²) in [5.74, 6) is 0. The van der Waals surface area contributed by atoms with Crippen molar-refractivity contribution in [2.45, 2.75) is 131 Å². The van der Waals surface area contributed by atoms with Crippen molar-refractivity contribution in [1.29, 1.82) is 0 Å². The first-order valence-corrected chi connectivity index (χ1v) is 37.6. The van der Waals surface area contributed by atoms with E-state index in [1.165, 1.54) is 0 Å². The van der Waals surface area contributed by atoms with Gasteiger partial charge in [0.2, 0.25) is 0 Å². The molecule has 0 aromatic heterocycles. The second kappa shape index (κ2) is 18.5. The monoisotopic (exact) mass is 796 g/mol. The van der Waals surface area contributed by atoms with E-state index in [0.717, 1.165) is 0 Å². The first kappa shape index (κ1) is 49.5.